The van der Waals surface area contributed by atoms with E-state index in [0.717, 1.165) is 5.56 Å². The number of nitrogens with one attached hydrogen (secondary N) is 1. The predicted octanol–water partition coefficient (Wildman–Crippen LogP) is 3.49. The Hall–Kier alpha value is -3.79. The number of carbonyl (C=O) groups is 2. The van der Waals surface area contributed by atoms with Gasteiger partial charge in [0, 0.05) is 5.69 Å². The summed E-state index contributed by atoms with van der Waals surface area (Å²) >= 11 is 0. The molecule has 0 bridgehead atoms. The molecule has 0 radical (unpaired) electrons. The van der Waals surface area contributed by atoms with Crippen LogP contribution in [0.1, 0.15) is 18.1 Å². The van der Waals surface area contributed by atoms with Crippen molar-refractivity contribution in [2.75, 3.05) is 25.6 Å². The summed E-state index contributed by atoms with van der Waals surface area (Å²) in [7, 11) is 1.47. The van der Waals surface area contributed by atoms with E-state index < -0.39 is 11.9 Å². The third-order valence-corrected chi connectivity index (χ3v) is 3.82. The number of anilines is 1. The molecule has 0 atom stereocenters. The van der Waals surface area contributed by atoms with Gasteiger partial charge < -0.3 is 19.5 Å². The summed E-state index contributed by atoms with van der Waals surface area (Å²) in [5.41, 5.74) is 2.12. The zero-order valence-corrected chi connectivity index (χ0v) is 16.5. The lowest BCUT2D eigenvalue weighted by atomic mass is 10.1. The molecule has 29 heavy (non-hydrogen) atoms. The van der Waals surface area contributed by atoms with Crippen LogP contribution < -0.4 is 14.8 Å². The van der Waals surface area contributed by atoms with Gasteiger partial charge in [-0.15, -0.1) is 0 Å². The van der Waals surface area contributed by atoms with E-state index in [9.17, 15) is 14.9 Å². The van der Waals surface area contributed by atoms with E-state index in [1.54, 1.807) is 37.3 Å². The van der Waals surface area contributed by atoms with Crippen LogP contribution in [-0.4, -0.2) is 32.2 Å². The highest BCUT2D eigenvalue weighted by Gasteiger charge is 2.12. The number of benzene rings is 2. The Morgan fingerprint density at radius 2 is 1.86 bits per heavy atom. The van der Waals surface area contributed by atoms with Crippen LogP contribution in [0.15, 0.2) is 48.0 Å². The first-order valence-corrected chi connectivity index (χ1v) is 8.93. The number of amides is 1. The van der Waals surface area contributed by atoms with Crippen LogP contribution in [0.25, 0.3) is 6.08 Å². The fraction of sp³-hybridized carbons (Fsp3) is 0.227. The molecule has 0 saturated heterocycles. The molecule has 7 heteroatoms. The average molecular weight is 394 g/mol. The molecule has 0 saturated carbocycles. The van der Waals surface area contributed by atoms with E-state index >= 15 is 0 Å². The number of methoxy groups -OCH3 is 1. The summed E-state index contributed by atoms with van der Waals surface area (Å²) in [6.07, 6.45) is 1.43. The number of hydrogen-bond donors (Lipinski definition) is 1. The number of nitriles is 1. The van der Waals surface area contributed by atoms with Gasteiger partial charge in [-0.1, -0.05) is 23.8 Å². The van der Waals surface area contributed by atoms with E-state index in [-0.39, 0.29) is 18.8 Å². The zero-order valence-electron chi connectivity index (χ0n) is 16.5. The summed E-state index contributed by atoms with van der Waals surface area (Å²) in [6.45, 7) is 3.62. The minimum absolute atomic E-state index is 0.0768. The van der Waals surface area contributed by atoms with Gasteiger partial charge in [0.15, 0.2) is 18.1 Å². The molecule has 0 aromatic heterocycles. The van der Waals surface area contributed by atoms with Gasteiger partial charge in [0.05, 0.1) is 13.7 Å². The molecule has 150 valence electrons. The molecule has 0 fully saturated rings. The molecule has 0 heterocycles. The first-order valence-electron chi connectivity index (χ1n) is 8.93. The van der Waals surface area contributed by atoms with Crippen molar-refractivity contribution >= 4 is 23.6 Å². The smallest absolute Gasteiger partial charge is 0.344 e. The lowest BCUT2D eigenvalue weighted by Crippen LogP contribution is -2.15. The number of hydrogen-bond acceptors (Lipinski definition) is 6. The lowest BCUT2D eigenvalue weighted by Gasteiger charge is -2.11. The maximum absolute atomic E-state index is 12.4. The second kappa shape index (κ2) is 10.5. The van der Waals surface area contributed by atoms with Gasteiger partial charge in [0.25, 0.3) is 5.91 Å². The Morgan fingerprint density at radius 1 is 1.14 bits per heavy atom. The van der Waals surface area contributed by atoms with E-state index in [1.165, 1.54) is 13.2 Å². The molecular formula is C22H22N2O5. The van der Waals surface area contributed by atoms with Gasteiger partial charge in [0.2, 0.25) is 0 Å². The van der Waals surface area contributed by atoms with Crippen LogP contribution in [0.5, 0.6) is 11.5 Å². The Morgan fingerprint density at radius 3 is 2.48 bits per heavy atom. The fourth-order valence-corrected chi connectivity index (χ4v) is 2.39. The van der Waals surface area contributed by atoms with Crippen molar-refractivity contribution in [3.63, 3.8) is 0 Å². The van der Waals surface area contributed by atoms with Crippen LogP contribution in [0, 0.1) is 18.3 Å². The van der Waals surface area contributed by atoms with Gasteiger partial charge in [0.1, 0.15) is 11.6 Å². The minimum atomic E-state index is -0.527. The molecule has 2 aromatic rings. The largest absolute Gasteiger partial charge is 0.493 e. The van der Waals surface area contributed by atoms with E-state index in [0.29, 0.717) is 22.7 Å². The van der Waals surface area contributed by atoms with Gasteiger partial charge >= 0.3 is 5.97 Å². The highest BCUT2D eigenvalue weighted by atomic mass is 16.6. The topological polar surface area (TPSA) is 97.7 Å². The standard InChI is InChI=1S/C22H22N2O5/c1-4-28-21(25)14-29-20-12-16(7-10-19(20)27-3)11-17(13-23)22(26)24-18-8-5-15(2)6-9-18/h5-12H,4,14H2,1-3H3,(H,24,26)/b17-11-. The van der Waals surface area contributed by atoms with E-state index in [2.05, 4.69) is 5.32 Å². The van der Waals surface area contributed by atoms with Crippen LogP contribution in [0.4, 0.5) is 5.69 Å². The van der Waals surface area contributed by atoms with Crippen molar-refractivity contribution in [1.29, 1.82) is 5.26 Å². The second-order valence-electron chi connectivity index (χ2n) is 5.99. The summed E-state index contributed by atoms with van der Waals surface area (Å²) in [5, 5.41) is 12.1. The number of aryl methyl sites for hydroxylation is 1. The second-order valence-corrected chi connectivity index (χ2v) is 5.99. The SMILES string of the molecule is CCOC(=O)COc1cc(/C=C(/C#N)C(=O)Nc2ccc(C)cc2)ccc1OC. The number of ether oxygens (including phenoxy) is 3. The Balaban J connectivity index is 2.19. The molecule has 0 aliphatic heterocycles. The van der Waals surface area contributed by atoms with Crippen LogP contribution in [0.2, 0.25) is 0 Å². The van der Waals surface area contributed by atoms with Gasteiger partial charge in [-0.2, -0.15) is 5.26 Å². The molecule has 7 nitrogen and oxygen atoms in total. The molecule has 0 unspecified atom stereocenters. The van der Waals surface area contributed by atoms with Crippen molar-refractivity contribution in [2.45, 2.75) is 13.8 Å². The molecule has 0 spiro atoms. The third kappa shape index (κ3) is 6.40. The Kier molecular flexibility index (Phi) is 7.80. The summed E-state index contributed by atoms with van der Waals surface area (Å²) in [5.74, 6) is -0.327. The zero-order chi connectivity index (χ0) is 21.2. The first kappa shape index (κ1) is 21.5. The minimum Gasteiger partial charge on any atom is -0.493 e. The molecule has 1 amide bonds. The predicted molar refractivity (Wildman–Crippen MR) is 109 cm³/mol. The number of carbonyl (C=O) groups excluding carboxylic acids is 2. The third-order valence-electron chi connectivity index (χ3n) is 3.82. The molecular weight excluding hydrogens is 372 g/mol. The Bertz CT molecular complexity index is 943. The van der Waals surface area contributed by atoms with E-state index in [1.807, 2.05) is 25.1 Å². The first-order chi connectivity index (χ1) is 14.0. The van der Waals surface area contributed by atoms with Crippen molar-refractivity contribution < 1.29 is 23.8 Å². The normalized spacial score (nSPS) is 10.6. The fourth-order valence-electron chi connectivity index (χ4n) is 2.39. The maximum atomic E-state index is 12.4. The van der Waals surface area contributed by atoms with Gasteiger partial charge in [-0.05, 0) is 49.8 Å². The quantitative estimate of drug-likeness (QED) is 0.418. The van der Waals surface area contributed by atoms with Crippen molar-refractivity contribution in [2.24, 2.45) is 0 Å². The molecule has 2 rings (SSSR count). The molecule has 0 aliphatic carbocycles. The summed E-state index contributed by atoms with van der Waals surface area (Å²) in [6, 6.07) is 14.0. The Labute approximate surface area is 169 Å². The van der Waals surface area contributed by atoms with Gasteiger partial charge in [-0.25, -0.2) is 4.79 Å². The number of esters is 1. The van der Waals surface area contributed by atoms with Crippen molar-refractivity contribution in [1.82, 2.24) is 0 Å². The monoisotopic (exact) mass is 394 g/mol. The summed E-state index contributed by atoms with van der Waals surface area (Å²) in [4.78, 5) is 23.9. The average Bonchev–Trinajstić information content (AvgIpc) is 2.72. The molecule has 0 aliphatic rings. The van der Waals surface area contributed by atoms with Crippen LogP contribution in [0.3, 0.4) is 0 Å². The van der Waals surface area contributed by atoms with Crippen molar-refractivity contribution in [3.8, 4) is 17.6 Å². The van der Waals surface area contributed by atoms with Crippen LogP contribution >= 0.6 is 0 Å². The van der Waals surface area contributed by atoms with Crippen molar-refractivity contribution in [3.05, 3.63) is 59.2 Å². The number of nitrogens with zero attached hydrogens (tertiary/aromatic N) is 1. The maximum Gasteiger partial charge on any atom is 0.344 e. The number of rotatable bonds is 8. The van der Waals surface area contributed by atoms with Crippen LogP contribution in [-0.2, 0) is 14.3 Å². The highest BCUT2D eigenvalue weighted by molar-refractivity contribution is 6.09. The summed E-state index contributed by atoms with van der Waals surface area (Å²) < 4.78 is 15.5. The van der Waals surface area contributed by atoms with Gasteiger partial charge in [-0.3, -0.25) is 4.79 Å². The lowest BCUT2D eigenvalue weighted by molar-refractivity contribution is -0.145. The molecule has 1 N–H and O–H groups in total. The molecule has 2 aromatic carbocycles. The van der Waals surface area contributed by atoms with E-state index in [4.69, 9.17) is 14.2 Å². The highest BCUT2D eigenvalue weighted by Crippen LogP contribution is 2.29.